The minimum absolute atomic E-state index is 0.0768. The van der Waals surface area contributed by atoms with Crippen molar-refractivity contribution in [1.29, 1.82) is 0 Å². The Kier molecular flexibility index (Phi) is 8.33. The largest absolute Gasteiger partial charge is 0.444 e. The Labute approximate surface area is 234 Å². The summed E-state index contributed by atoms with van der Waals surface area (Å²) in [6.07, 6.45) is 2.04. The van der Waals surface area contributed by atoms with Gasteiger partial charge in [-0.15, -0.1) is 0 Å². The lowest BCUT2D eigenvalue weighted by Crippen LogP contribution is -2.33. The molecule has 2 aromatic heterocycles. The number of rotatable bonds is 9. The quantitative estimate of drug-likeness (QED) is 0.259. The number of fused-ring (bicyclic) bond motifs is 1. The van der Waals surface area contributed by atoms with Gasteiger partial charge in [-0.2, -0.15) is 4.37 Å². The molecule has 0 saturated heterocycles. The lowest BCUT2D eigenvalue weighted by molar-refractivity contribution is 0.0527. The van der Waals surface area contributed by atoms with Crippen molar-refractivity contribution in [3.05, 3.63) is 69.4 Å². The molecule has 208 valence electrons. The fourth-order valence-electron chi connectivity index (χ4n) is 4.09. The molecule has 2 heterocycles. The number of ether oxygens (including phenoxy) is 1. The van der Waals surface area contributed by atoms with Crippen LogP contribution in [0.4, 0.5) is 9.93 Å². The summed E-state index contributed by atoms with van der Waals surface area (Å²) < 4.78 is 44.0. The molecule has 0 aliphatic rings. The van der Waals surface area contributed by atoms with Gasteiger partial charge in [0.05, 0.1) is 16.6 Å². The smallest absolute Gasteiger partial charge is 0.420 e. The first-order valence-electron chi connectivity index (χ1n) is 12.0. The van der Waals surface area contributed by atoms with Crippen molar-refractivity contribution < 1.29 is 22.4 Å². The number of nitrogens with zero attached hydrogens (tertiary/aromatic N) is 3. The minimum Gasteiger partial charge on any atom is -0.444 e. The van der Waals surface area contributed by atoms with Gasteiger partial charge in [0.1, 0.15) is 16.8 Å². The van der Waals surface area contributed by atoms with E-state index in [1.807, 2.05) is 31.2 Å². The van der Waals surface area contributed by atoms with Crippen molar-refractivity contribution in [3.8, 4) is 0 Å². The number of alkyl carbamates (subject to hydrolysis) is 1. The van der Waals surface area contributed by atoms with Crippen molar-refractivity contribution in [1.82, 2.24) is 19.2 Å². The summed E-state index contributed by atoms with van der Waals surface area (Å²) in [5.41, 5.74) is 1.73. The number of benzene rings is 2. The summed E-state index contributed by atoms with van der Waals surface area (Å²) in [6, 6.07) is 9.83. The lowest BCUT2D eigenvalue weighted by Gasteiger charge is -2.20. The van der Waals surface area contributed by atoms with Gasteiger partial charge < -0.3 is 14.5 Å². The summed E-state index contributed by atoms with van der Waals surface area (Å²) in [4.78, 5) is 28.4. The molecule has 4 rings (SSSR count). The SMILES string of the molecule is C[C@H](c1ccccc1CCCNC(=O)OC(C)(C)C)n1c(=O)oc2cc(S(=O)(=O)Nc3ncns3)c(Cl)cc21. The third kappa shape index (κ3) is 6.78. The standard InChI is InChI=1S/C25H28ClN5O6S2/c1-15(17-10-6-5-8-16(17)9-7-11-27-23(32)37-25(2,3)4)31-19-12-18(26)21(13-20(19)36-24(31)33)39(34,35)30-22-28-14-29-38-22/h5-6,8,10,12-15H,7,9,11H2,1-4H3,(H,27,32)(H,28,29,30)/t15-/m1/s1. The van der Waals surface area contributed by atoms with Crippen LogP contribution in [0.3, 0.4) is 0 Å². The molecule has 0 aliphatic heterocycles. The van der Waals surface area contributed by atoms with Crippen molar-refractivity contribution in [2.45, 2.75) is 57.1 Å². The van der Waals surface area contributed by atoms with Crippen LogP contribution in [-0.4, -0.2) is 40.6 Å². The van der Waals surface area contributed by atoms with E-state index in [2.05, 4.69) is 19.4 Å². The minimum atomic E-state index is -4.10. The predicted molar refractivity (Wildman–Crippen MR) is 149 cm³/mol. The van der Waals surface area contributed by atoms with Crippen LogP contribution in [0.15, 0.2) is 56.8 Å². The van der Waals surface area contributed by atoms with E-state index in [4.69, 9.17) is 20.8 Å². The molecule has 0 bridgehead atoms. The van der Waals surface area contributed by atoms with E-state index in [0.717, 1.165) is 22.7 Å². The van der Waals surface area contributed by atoms with Gasteiger partial charge in [-0.1, -0.05) is 35.9 Å². The van der Waals surface area contributed by atoms with Crippen molar-refractivity contribution in [3.63, 3.8) is 0 Å². The Hall–Kier alpha value is -3.42. The number of hydrogen-bond acceptors (Lipinski definition) is 9. The molecule has 0 spiro atoms. The summed E-state index contributed by atoms with van der Waals surface area (Å²) in [5, 5.41) is 2.75. The van der Waals surface area contributed by atoms with Crippen LogP contribution >= 0.6 is 23.1 Å². The van der Waals surface area contributed by atoms with Crippen LogP contribution in [-0.2, 0) is 21.2 Å². The number of halogens is 1. The Bertz CT molecular complexity index is 1640. The van der Waals surface area contributed by atoms with E-state index in [9.17, 15) is 18.0 Å². The van der Waals surface area contributed by atoms with Gasteiger partial charge in [-0.3, -0.25) is 9.29 Å². The van der Waals surface area contributed by atoms with Crippen LogP contribution in [0.25, 0.3) is 11.1 Å². The second-order valence-corrected chi connectivity index (χ2v) is 12.6. The molecule has 39 heavy (non-hydrogen) atoms. The Morgan fingerprint density at radius 2 is 2.00 bits per heavy atom. The van der Waals surface area contributed by atoms with Gasteiger partial charge in [0.25, 0.3) is 10.0 Å². The van der Waals surface area contributed by atoms with Crippen LogP contribution in [0.5, 0.6) is 0 Å². The highest BCUT2D eigenvalue weighted by atomic mass is 35.5. The van der Waals surface area contributed by atoms with Crippen LogP contribution in [0.2, 0.25) is 5.02 Å². The molecular weight excluding hydrogens is 566 g/mol. The topological polar surface area (TPSA) is 145 Å². The fourth-order valence-corrected chi connectivity index (χ4v) is 6.29. The molecule has 0 saturated carbocycles. The zero-order valence-corrected chi connectivity index (χ0v) is 24.1. The normalized spacial score (nSPS) is 12.8. The first kappa shape index (κ1) is 28.6. The van der Waals surface area contributed by atoms with Gasteiger partial charge in [0.15, 0.2) is 5.58 Å². The molecule has 4 aromatic rings. The number of carbonyl (C=O) groups excluding carboxylic acids is 1. The van der Waals surface area contributed by atoms with E-state index >= 15 is 0 Å². The molecule has 2 aromatic carbocycles. The molecule has 2 N–H and O–H groups in total. The molecule has 0 aliphatic carbocycles. The van der Waals surface area contributed by atoms with E-state index in [-0.39, 0.29) is 20.6 Å². The second-order valence-electron chi connectivity index (χ2n) is 9.75. The van der Waals surface area contributed by atoms with Crippen molar-refractivity contribution >= 4 is 55.5 Å². The Morgan fingerprint density at radius 3 is 2.69 bits per heavy atom. The third-order valence-electron chi connectivity index (χ3n) is 5.72. The third-order valence-corrected chi connectivity index (χ3v) is 8.24. The molecule has 11 nitrogen and oxygen atoms in total. The number of amides is 1. The summed E-state index contributed by atoms with van der Waals surface area (Å²) in [6.45, 7) is 7.68. The van der Waals surface area contributed by atoms with Crippen molar-refractivity contribution in [2.24, 2.45) is 0 Å². The number of nitrogens with one attached hydrogen (secondary N) is 2. The lowest BCUT2D eigenvalue weighted by atomic mass is 9.97. The molecular formula is C25H28ClN5O6S2. The maximum absolute atomic E-state index is 13.0. The highest BCUT2D eigenvalue weighted by Crippen LogP contribution is 2.32. The van der Waals surface area contributed by atoms with Gasteiger partial charge >= 0.3 is 11.8 Å². The molecule has 0 fully saturated rings. The highest BCUT2D eigenvalue weighted by Gasteiger charge is 2.25. The van der Waals surface area contributed by atoms with E-state index < -0.39 is 33.5 Å². The number of carbonyl (C=O) groups is 1. The van der Waals surface area contributed by atoms with Gasteiger partial charge in [-0.25, -0.2) is 23.0 Å². The van der Waals surface area contributed by atoms with E-state index in [0.29, 0.717) is 24.9 Å². The summed E-state index contributed by atoms with van der Waals surface area (Å²) in [7, 11) is -4.10. The molecule has 1 amide bonds. The first-order chi connectivity index (χ1) is 18.4. The number of aromatic nitrogens is 3. The number of sulfonamides is 1. The maximum atomic E-state index is 13.0. The average Bonchev–Trinajstić information content (AvgIpc) is 3.46. The maximum Gasteiger partial charge on any atom is 0.420 e. The fraction of sp³-hybridized carbons (Fsp3) is 0.360. The Balaban J connectivity index is 1.57. The number of hydrogen-bond donors (Lipinski definition) is 2. The van der Waals surface area contributed by atoms with Crippen molar-refractivity contribution in [2.75, 3.05) is 11.3 Å². The van der Waals surface area contributed by atoms with Gasteiger partial charge in [-0.05, 0) is 57.7 Å². The molecule has 14 heteroatoms. The van der Waals surface area contributed by atoms with Crippen LogP contribution in [0.1, 0.15) is 51.3 Å². The Morgan fingerprint density at radius 1 is 1.26 bits per heavy atom. The second kappa shape index (κ2) is 11.4. The predicted octanol–water partition coefficient (Wildman–Crippen LogP) is 4.97. The monoisotopic (exact) mass is 593 g/mol. The summed E-state index contributed by atoms with van der Waals surface area (Å²) >= 11 is 7.26. The number of anilines is 1. The molecule has 0 radical (unpaired) electrons. The van der Waals surface area contributed by atoms with E-state index in [1.54, 1.807) is 20.8 Å². The number of oxazole rings is 1. The first-order valence-corrected chi connectivity index (χ1v) is 14.7. The van der Waals surface area contributed by atoms with Gasteiger partial charge in [0.2, 0.25) is 5.13 Å². The number of aryl methyl sites for hydroxylation is 1. The van der Waals surface area contributed by atoms with E-state index in [1.165, 1.54) is 23.0 Å². The average molecular weight is 594 g/mol. The van der Waals surface area contributed by atoms with Crippen LogP contribution in [0, 0.1) is 0 Å². The molecule has 0 unspecified atom stereocenters. The summed E-state index contributed by atoms with van der Waals surface area (Å²) in [5.74, 6) is -0.651. The zero-order valence-electron chi connectivity index (χ0n) is 21.7. The van der Waals surface area contributed by atoms with Gasteiger partial charge in [0, 0.05) is 24.1 Å². The zero-order chi connectivity index (χ0) is 28.4. The van der Waals surface area contributed by atoms with Crippen LogP contribution < -0.4 is 15.8 Å². The molecule has 1 atom stereocenters. The highest BCUT2D eigenvalue weighted by molar-refractivity contribution is 7.93.